The highest BCUT2D eigenvalue weighted by Gasteiger charge is 2.43. The molecule has 152 valence electrons. The lowest BCUT2D eigenvalue weighted by atomic mass is 9.82. The molecule has 1 saturated heterocycles. The van der Waals surface area contributed by atoms with Crippen molar-refractivity contribution in [3.63, 3.8) is 0 Å². The first kappa shape index (κ1) is 21.1. The van der Waals surface area contributed by atoms with E-state index in [9.17, 15) is 14.4 Å². The fraction of sp³-hybridized carbons (Fsp3) is 0.550. The molecule has 2 aliphatic rings. The fourth-order valence-electron chi connectivity index (χ4n) is 3.80. The lowest BCUT2D eigenvalue weighted by Crippen LogP contribution is -2.61. The van der Waals surface area contributed by atoms with E-state index in [4.69, 9.17) is 11.6 Å². The minimum absolute atomic E-state index is 0.0544. The molecule has 6 nitrogen and oxygen atoms in total. The summed E-state index contributed by atoms with van der Waals surface area (Å²) in [6.07, 6.45) is 4.00. The maximum Gasteiger partial charge on any atom is 0.324 e. The van der Waals surface area contributed by atoms with Crippen LogP contribution in [0.1, 0.15) is 37.7 Å². The first-order valence-electron chi connectivity index (χ1n) is 9.71. The van der Waals surface area contributed by atoms with Crippen LogP contribution in [0.4, 0.5) is 4.79 Å². The molecule has 1 aliphatic carbocycles. The average Bonchev–Trinajstić information content (AvgIpc) is 2.67. The third-order valence-corrected chi connectivity index (χ3v) is 6.44. The van der Waals surface area contributed by atoms with Gasteiger partial charge in [0.2, 0.25) is 11.8 Å². The molecule has 3 atom stereocenters. The van der Waals surface area contributed by atoms with E-state index in [0.717, 1.165) is 31.2 Å². The highest BCUT2D eigenvalue weighted by Crippen LogP contribution is 2.33. The van der Waals surface area contributed by atoms with Gasteiger partial charge in [-0.1, -0.05) is 39.7 Å². The Morgan fingerprint density at radius 3 is 2.75 bits per heavy atom. The zero-order valence-electron chi connectivity index (χ0n) is 15.6. The quantitative estimate of drug-likeness (QED) is 0.600. The molecule has 1 heterocycles. The summed E-state index contributed by atoms with van der Waals surface area (Å²) in [4.78, 5) is 38.5. The van der Waals surface area contributed by atoms with E-state index in [2.05, 4.69) is 26.6 Å². The summed E-state index contributed by atoms with van der Waals surface area (Å²) in [7, 11) is 0. The van der Waals surface area contributed by atoms with Gasteiger partial charge in [0.1, 0.15) is 0 Å². The molecule has 2 N–H and O–H groups in total. The van der Waals surface area contributed by atoms with Gasteiger partial charge < -0.3 is 10.6 Å². The van der Waals surface area contributed by atoms with E-state index >= 15 is 0 Å². The number of halogens is 2. The summed E-state index contributed by atoms with van der Waals surface area (Å²) in [5.41, 5.74) is 1.10. The van der Waals surface area contributed by atoms with Crippen LogP contribution in [0.2, 0.25) is 5.02 Å². The molecule has 1 aliphatic heterocycles. The van der Waals surface area contributed by atoms with Crippen LogP contribution in [0.3, 0.4) is 0 Å². The highest BCUT2D eigenvalue weighted by atomic mass is 79.9. The Hall–Kier alpha value is -1.60. The van der Waals surface area contributed by atoms with Crippen LogP contribution in [-0.2, 0) is 16.0 Å². The molecule has 4 amide bonds. The molecule has 1 aromatic carbocycles. The molecular weight excluding hydrogens is 446 g/mol. The second-order valence-corrected chi connectivity index (χ2v) is 9.12. The minimum Gasteiger partial charge on any atom is -0.356 e. The lowest BCUT2D eigenvalue weighted by Gasteiger charge is -2.41. The average molecular weight is 471 g/mol. The maximum absolute atomic E-state index is 12.7. The van der Waals surface area contributed by atoms with Crippen molar-refractivity contribution in [3.8, 4) is 0 Å². The SMILES string of the molecule is O=C(CCCN1C(=O)NC2CCC(Br)CC2C1=O)NCCc1ccc(Cl)cc1. The maximum atomic E-state index is 12.7. The van der Waals surface area contributed by atoms with Crippen molar-refractivity contribution in [2.45, 2.75) is 49.4 Å². The first-order valence-corrected chi connectivity index (χ1v) is 11.0. The van der Waals surface area contributed by atoms with Gasteiger partial charge in [-0.05, 0) is 49.8 Å². The summed E-state index contributed by atoms with van der Waals surface area (Å²) in [5.74, 6) is -0.347. The summed E-state index contributed by atoms with van der Waals surface area (Å²) in [6.45, 7) is 0.811. The van der Waals surface area contributed by atoms with Crippen molar-refractivity contribution < 1.29 is 14.4 Å². The van der Waals surface area contributed by atoms with Crippen molar-refractivity contribution in [2.24, 2.45) is 5.92 Å². The number of nitrogens with zero attached hydrogens (tertiary/aromatic N) is 1. The third kappa shape index (κ3) is 5.47. The number of amides is 4. The molecule has 1 saturated carbocycles. The number of rotatable bonds is 7. The summed E-state index contributed by atoms with van der Waals surface area (Å²) in [6, 6.07) is 7.14. The Labute approximate surface area is 178 Å². The van der Waals surface area contributed by atoms with Gasteiger partial charge in [-0.25, -0.2) is 4.79 Å². The molecule has 3 unspecified atom stereocenters. The van der Waals surface area contributed by atoms with E-state index in [1.165, 1.54) is 4.90 Å². The Morgan fingerprint density at radius 1 is 1.25 bits per heavy atom. The van der Waals surface area contributed by atoms with Crippen LogP contribution in [0.5, 0.6) is 0 Å². The number of carbonyl (C=O) groups excluding carboxylic acids is 3. The molecule has 3 rings (SSSR count). The minimum atomic E-state index is -0.331. The Balaban J connectivity index is 1.38. The summed E-state index contributed by atoms with van der Waals surface area (Å²) >= 11 is 9.44. The third-order valence-electron chi connectivity index (χ3n) is 5.36. The largest absolute Gasteiger partial charge is 0.356 e. The zero-order valence-corrected chi connectivity index (χ0v) is 18.0. The number of carbonyl (C=O) groups is 3. The van der Waals surface area contributed by atoms with E-state index in [1.54, 1.807) is 0 Å². The van der Waals surface area contributed by atoms with Crippen molar-refractivity contribution >= 4 is 45.4 Å². The molecule has 8 heteroatoms. The van der Waals surface area contributed by atoms with Crippen molar-refractivity contribution in [2.75, 3.05) is 13.1 Å². The monoisotopic (exact) mass is 469 g/mol. The lowest BCUT2D eigenvalue weighted by molar-refractivity contribution is -0.136. The van der Waals surface area contributed by atoms with Gasteiger partial charge in [0, 0.05) is 35.4 Å². The molecule has 0 bridgehead atoms. The molecular formula is C20H25BrClN3O3. The van der Waals surface area contributed by atoms with Crippen LogP contribution in [0, 0.1) is 5.92 Å². The number of hydrogen-bond donors (Lipinski definition) is 2. The van der Waals surface area contributed by atoms with E-state index in [-0.39, 0.29) is 42.8 Å². The number of fused-ring (bicyclic) bond motifs is 1. The standard InChI is InChI=1S/C20H25BrClN3O3/c21-14-5-8-17-16(12-14)19(27)25(20(28)24-17)11-1-2-18(26)23-10-9-13-3-6-15(22)7-4-13/h3-4,6-7,14,16-17H,1-2,5,8-12H2,(H,23,26)(H,24,28). The Morgan fingerprint density at radius 2 is 2.00 bits per heavy atom. The van der Waals surface area contributed by atoms with Crippen LogP contribution in [0.15, 0.2) is 24.3 Å². The summed E-state index contributed by atoms with van der Waals surface area (Å²) < 4.78 is 0. The van der Waals surface area contributed by atoms with Crippen molar-refractivity contribution in [1.29, 1.82) is 0 Å². The second-order valence-electron chi connectivity index (χ2n) is 7.39. The van der Waals surface area contributed by atoms with Gasteiger partial charge in [0.15, 0.2) is 0 Å². The zero-order chi connectivity index (χ0) is 20.1. The van der Waals surface area contributed by atoms with E-state index in [0.29, 0.717) is 22.8 Å². The van der Waals surface area contributed by atoms with Crippen LogP contribution >= 0.6 is 27.5 Å². The van der Waals surface area contributed by atoms with Gasteiger partial charge in [-0.3, -0.25) is 14.5 Å². The molecule has 28 heavy (non-hydrogen) atoms. The molecule has 0 spiro atoms. The Kier molecular flexibility index (Phi) is 7.35. The predicted octanol–water partition coefficient (Wildman–Crippen LogP) is 3.26. The van der Waals surface area contributed by atoms with Gasteiger partial charge in [0.25, 0.3) is 0 Å². The second kappa shape index (κ2) is 9.74. The van der Waals surface area contributed by atoms with Crippen molar-refractivity contribution in [1.82, 2.24) is 15.5 Å². The van der Waals surface area contributed by atoms with Crippen LogP contribution < -0.4 is 10.6 Å². The van der Waals surface area contributed by atoms with Crippen LogP contribution in [0.25, 0.3) is 0 Å². The fourth-order valence-corrected chi connectivity index (χ4v) is 4.59. The smallest absolute Gasteiger partial charge is 0.324 e. The number of imide groups is 1. The molecule has 0 radical (unpaired) electrons. The van der Waals surface area contributed by atoms with Gasteiger partial charge in [-0.15, -0.1) is 0 Å². The molecule has 2 fully saturated rings. The van der Waals surface area contributed by atoms with Gasteiger partial charge in [0.05, 0.1) is 5.92 Å². The van der Waals surface area contributed by atoms with Gasteiger partial charge in [-0.2, -0.15) is 0 Å². The highest BCUT2D eigenvalue weighted by molar-refractivity contribution is 9.09. The number of hydrogen-bond acceptors (Lipinski definition) is 3. The van der Waals surface area contributed by atoms with E-state index < -0.39 is 0 Å². The van der Waals surface area contributed by atoms with E-state index in [1.807, 2.05) is 24.3 Å². The number of benzene rings is 1. The van der Waals surface area contributed by atoms with Crippen molar-refractivity contribution in [3.05, 3.63) is 34.9 Å². The van der Waals surface area contributed by atoms with Crippen LogP contribution in [-0.4, -0.2) is 46.7 Å². The first-order chi connectivity index (χ1) is 13.4. The predicted molar refractivity (Wildman–Crippen MR) is 111 cm³/mol. The van der Waals surface area contributed by atoms with Gasteiger partial charge >= 0.3 is 6.03 Å². The number of alkyl halides is 1. The normalized spacial score (nSPS) is 24.5. The molecule has 0 aromatic heterocycles. The number of urea groups is 1. The topological polar surface area (TPSA) is 78.5 Å². The Bertz CT molecular complexity index is 728. The molecule has 1 aromatic rings. The summed E-state index contributed by atoms with van der Waals surface area (Å²) in [5, 5.41) is 6.51. The number of nitrogens with one attached hydrogen (secondary N) is 2.